The predicted octanol–water partition coefficient (Wildman–Crippen LogP) is 3.21. The van der Waals surface area contributed by atoms with Crippen LogP contribution in [0.4, 0.5) is 0 Å². The quantitative estimate of drug-likeness (QED) is 0.865. The molecule has 0 saturated heterocycles. The number of methoxy groups -OCH3 is 1. The van der Waals surface area contributed by atoms with Gasteiger partial charge in [-0.25, -0.2) is 0 Å². The zero-order valence-electron chi connectivity index (χ0n) is 12.5. The molecule has 1 atom stereocenters. The minimum absolute atomic E-state index is 0.169. The van der Waals surface area contributed by atoms with Crippen molar-refractivity contribution in [2.24, 2.45) is 0 Å². The Morgan fingerprint density at radius 2 is 2.00 bits per heavy atom. The molecule has 1 aliphatic heterocycles. The van der Waals surface area contributed by atoms with E-state index in [0.29, 0.717) is 6.61 Å². The van der Waals surface area contributed by atoms with Gasteiger partial charge in [-0.05, 0) is 25.1 Å². The number of hydrogen-bond donors (Lipinski definition) is 0. The Morgan fingerprint density at radius 3 is 2.86 bits per heavy atom. The maximum atomic E-state index is 5.98. The fraction of sp³-hybridized carbons (Fsp3) is 0.412. The molecule has 2 heterocycles. The van der Waals surface area contributed by atoms with E-state index < -0.39 is 0 Å². The van der Waals surface area contributed by atoms with Gasteiger partial charge < -0.3 is 13.9 Å². The number of ether oxygens (including phenoxy) is 2. The van der Waals surface area contributed by atoms with Gasteiger partial charge in [0.2, 0.25) is 0 Å². The number of hydrogen-bond acceptors (Lipinski definition) is 4. The molecular formula is C17H21NO3. The van der Waals surface area contributed by atoms with Crippen LogP contribution in [0.5, 0.6) is 5.75 Å². The lowest BCUT2D eigenvalue weighted by Crippen LogP contribution is -2.30. The van der Waals surface area contributed by atoms with Crippen LogP contribution in [0.1, 0.15) is 24.0 Å². The van der Waals surface area contributed by atoms with Crippen LogP contribution in [0, 0.1) is 0 Å². The van der Waals surface area contributed by atoms with Gasteiger partial charge in [0.05, 0.1) is 6.54 Å². The Bertz CT molecular complexity index is 593. The third kappa shape index (κ3) is 3.46. The maximum Gasteiger partial charge on any atom is 0.129 e. The average molecular weight is 287 g/mol. The summed E-state index contributed by atoms with van der Waals surface area (Å²) in [5.74, 6) is 2.83. The summed E-state index contributed by atoms with van der Waals surface area (Å²) in [7, 11) is 1.67. The van der Waals surface area contributed by atoms with Crippen molar-refractivity contribution in [2.45, 2.75) is 32.7 Å². The maximum absolute atomic E-state index is 5.98. The molecule has 2 aromatic rings. The Labute approximate surface area is 125 Å². The van der Waals surface area contributed by atoms with Gasteiger partial charge in [0.15, 0.2) is 0 Å². The fourth-order valence-corrected chi connectivity index (χ4v) is 2.74. The molecule has 3 rings (SSSR count). The summed E-state index contributed by atoms with van der Waals surface area (Å²) in [6, 6.07) is 12.2. The summed E-state index contributed by atoms with van der Waals surface area (Å²) < 4.78 is 16.8. The first-order valence-corrected chi connectivity index (χ1v) is 7.28. The molecule has 1 aromatic heterocycles. The van der Waals surface area contributed by atoms with Crippen LogP contribution in [0.25, 0.3) is 0 Å². The van der Waals surface area contributed by atoms with E-state index in [1.807, 2.05) is 24.3 Å². The average Bonchev–Trinajstić information content (AvgIpc) is 2.81. The molecule has 1 aliphatic rings. The summed E-state index contributed by atoms with van der Waals surface area (Å²) in [5, 5.41) is 0. The van der Waals surface area contributed by atoms with Gasteiger partial charge in [-0.1, -0.05) is 18.2 Å². The summed E-state index contributed by atoms with van der Waals surface area (Å²) in [4.78, 5) is 2.35. The van der Waals surface area contributed by atoms with E-state index in [-0.39, 0.29) is 6.10 Å². The van der Waals surface area contributed by atoms with Gasteiger partial charge in [0, 0.05) is 25.8 Å². The molecule has 0 amide bonds. The normalized spacial score (nSPS) is 18.9. The van der Waals surface area contributed by atoms with E-state index in [2.05, 4.69) is 24.0 Å². The molecule has 1 aromatic carbocycles. The molecule has 21 heavy (non-hydrogen) atoms. The Kier molecular flexibility index (Phi) is 4.27. The summed E-state index contributed by atoms with van der Waals surface area (Å²) in [6.07, 6.45) is 0.169. The second-order valence-corrected chi connectivity index (χ2v) is 5.51. The number of furan rings is 1. The summed E-state index contributed by atoms with van der Waals surface area (Å²) in [6.45, 7) is 5.16. The van der Waals surface area contributed by atoms with Crippen molar-refractivity contribution in [1.29, 1.82) is 0 Å². The Morgan fingerprint density at radius 1 is 1.19 bits per heavy atom. The third-order valence-corrected chi connectivity index (χ3v) is 3.59. The van der Waals surface area contributed by atoms with E-state index in [4.69, 9.17) is 13.9 Å². The number of para-hydroxylation sites is 1. The lowest BCUT2D eigenvalue weighted by atomic mass is 10.2. The van der Waals surface area contributed by atoms with E-state index >= 15 is 0 Å². The number of fused-ring (bicyclic) bond motifs is 1. The van der Waals surface area contributed by atoms with Gasteiger partial charge in [0.25, 0.3) is 0 Å². The van der Waals surface area contributed by atoms with Crippen molar-refractivity contribution in [3.63, 3.8) is 0 Å². The van der Waals surface area contributed by atoms with Gasteiger partial charge in [0.1, 0.15) is 30.0 Å². The molecule has 112 valence electrons. The van der Waals surface area contributed by atoms with Crippen LogP contribution >= 0.6 is 0 Å². The smallest absolute Gasteiger partial charge is 0.129 e. The van der Waals surface area contributed by atoms with Crippen molar-refractivity contribution < 1.29 is 13.9 Å². The first-order valence-electron chi connectivity index (χ1n) is 7.28. The van der Waals surface area contributed by atoms with E-state index in [1.54, 1.807) is 7.11 Å². The minimum atomic E-state index is 0.169. The number of rotatable bonds is 4. The van der Waals surface area contributed by atoms with Crippen molar-refractivity contribution in [2.75, 3.05) is 13.7 Å². The molecule has 0 aliphatic carbocycles. The van der Waals surface area contributed by atoms with Gasteiger partial charge in [-0.2, -0.15) is 0 Å². The Hall–Kier alpha value is -1.78. The first-order chi connectivity index (χ1) is 10.2. The third-order valence-electron chi connectivity index (χ3n) is 3.59. The monoisotopic (exact) mass is 287 g/mol. The largest absolute Gasteiger partial charge is 0.489 e. The van der Waals surface area contributed by atoms with Crippen molar-refractivity contribution in [3.05, 3.63) is 53.5 Å². The highest BCUT2D eigenvalue weighted by Crippen LogP contribution is 2.25. The molecule has 0 spiro atoms. The highest BCUT2D eigenvalue weighted by molar-refractivity contribution is 5.34. The Balaban J connectivity index is 1.73. The fourth-order valence-electron chi connectivity index (χ4n) is 2.74. The molecule has 0 saturated carbocycles. The number of nitrogens with zero attached hydrogens (tertiary/aromatic N) is 1. The lowest BCUT2D eigenvalue weighted by Gasteiger charge is -2.20. The second kappa shape index (κ2) is 6.33. The van der Waals surface area contributed by atoms with Crippen LogP contribution in [-0.2, 0) is 24.4 Å². The summed E-state index contributed by atoms with van der Waals surface area (Å²) in [5.41, 5.74) is 1.23. The number of benzene rings is 1. The van der Waals surface area contributed by atoms with Crippen LogP contribution in [-0.4, -0.2) is 24.7 Å². The van der Waals surface area contributed by atoms with Gasteiger partial charge in [-0.15, -0.1) is 0 Å². The molecule has 0 bridgehead atoms. The van der Waals surface area contributed by atoms with Crippen LogP contribution in [0.2, 0.25) is 0 Å². The summed E-state index contributed by atoms with van der Waals surface area (Å²) >= 11 is 0. The standard InChI is InChI=1S/C17H21NO3/c1-13-9-18(10-14-5-3-4-6-17(14)20-13)11-15-7-8-16(21-15)12-19-2/h3-8,13H,9-12H2,1-2H3. The SMILES string of the molecule is COCc1ccc(CN2Cc3ccccc3OC(C)C2)o1. The van der Waals surface area contributed by atoms with Crippen molar-refractivity contribution in [3.8, 4) is 5.75 Å². The van der Waals surface area contributed by atoms with Crippen LogP contribution in [0.3, 0.4) is 0 Å². The zero-order valence-corrected chi connectivity index (χ0v) is 12.5. The lowest BCUT2D eigenvalue weighted by molar-refractivity contribution is 0.142. The van der Waals surface area contributed by atoms with E-state index in [9.17, 15) is 0 Å². The molecule has 0 radical (unpaired) electrons. The van der Waals surface area contributed by atoms with Crippen molar-refractivity contribution in [1.82, 2.24) is 4.90 Å². The highest BCUT2D eigenvalue weighted by Gasteiger charge is 2.20. The van der Waals surface area contributed by atoms with Crippen molar-refractivity contribution >= 4 is 0 Å². The topological polar surface area (TPSA) is 34.8 Å². The molecular weight excluding hydrogens is 266 g/mol. The van der Waals surface area contributed by atoms with Gasteiger partial charge in [-0.3, -0.25) is 4.90 Å². The zero-order chi connectivity index (χ0) is 14.7. The molecule has 0 fully saturated rings. The predicted molar refractivity (Wildman–Crippen MR) is 80.1 cm³/mol. The molecule has 4 heteroatoms. The van der Waals surface area contributed by atoms with Crippen LogP contribution < -0.4 is 4.74 Å². The van der Waals surface area contributed by atoms with E-state index in [0.717, 1.165) is 36.9 Å². The molecule has 1 unspecified atom stereocenters. The van der Waals surface area contributed by atoms with Crippen LogP contribution in [0.15, 0.2) is 40.8 Å². The second-order valence-electron chi connectivity index (χ2n) is 5.51. The van der Waals surface area contributed by atoms with Gasteiger partial charge >= 0.3 is 0 Å². The first kappa shape index (κ1) is 14.2. The highest BCUT2D eigenvalue weighted by atomic mass is 16.5. The molecule has 0 N–H and O–H groups in total. The molecule has 4 nitrogen and oxygen atoms in total. The van der Waals surface area contributed by atoms with E-state index in [1.165, 1.54) is 5.56 Å². The minimum Gasteiger partial charge on any atom is -0.489 e.